The van der Waals surface area contributed by atoms with E-state index in [0.29, 0.717) is 6.54 Å². The summed E-state index contributed by atoms with van der Waals surface area (Å²) in [5.74, 6) is -0.891. The van der Waals surface area contributed by atoms with Crippen LogP contribution in [0, 0.1) is 0 Å². The third-order valence-electron chi connectivity index (χ3n) is 1.91. The first-order valence-corrected chi connectivity index (χ1v) is 4.72. The van der Waals surface area contributed by atoms with E-state index in [-0.39, 0.29) is 12.8 Å². The number of aromatic nitrogens is 1. The summed E-state index contributed by atoms with van der Waals surface area (Å²) in [5, 5.41) is 20.8. The number of hydrogen-bond donors (Lipinski definition) is 3. The van der Waals surface area contributed by atoms with Crippen molar-refractivity contribution in [1.29, 1.82) is 0 Å². The summed E-state index contributed by atoms with van der Waals surface area (Å²) in [4.78, 5) is 14.1. The summed E-state index contributed by atoms with van der Waals surface area (Å²) < 4.78 is 0. The average Bonchev–Trinajstić information content (AvgIpc) is 2.25. The van der Waals surface area contributed by atoms with Gasteiger partial charge in [-0.15, -0.1) is 0 Å². The number of nitrogens with zero attached hydrogens (tertiary/aromatic N) is 1. The molecule has 5 nitrogen and oxygen atoms in total. The number of aliphatic hydroxyl groups is 1. The fourth-order valence-electron chi connectivity index (χ4n) is 1.10. The van der Waals surface area contributed by atoms with E-state index < -0.39 is 12.1 Å². The van der Waals surface area contributed by atoms with E-state index in [9.17, 15) is 9.90 Å². The van der Waals surface area contributed by atoms with Crippen LogP contribution in [0.3, 0.4) is 0 Å². The van der Waals surface area contributed by atoms with Gasteiger partial charge in [0.25, 0.3) is 0 Å². The van der Waals surface area contributed by atoms with Gasteiger partial charge in [-0.2, -0.15) is 0 Å². The molecule has 1 heterocycles. The number of rotatable bonds is 6. The van der Waals surface area contributed by atoms with E-state index in [4.69, 9.17) is 5.11 Å². The molecule has 5 heteroatoms. The smallest absolute Gasteiger partial charge is 0.303 e. The van der Waals surface area contributed by atoms with E-state index in [0.717, 1.165) is 5.69 Å². The van der Waals surface area contributed by atoms with Crippen LogP contribution in [0.25, 0.3) is 0 Å². The Bertz CT molecular complexity index is 303. The summed E-state index contributed by atoms with van der Waals surface area (Å²) in [6, 6.07) is 3.56. The SMILES string of the molecule is O=C(O)CCC(O)CNc1ccncc1. The average molecular weight is 210 g/mol. The number of aliphatic hydroxyl groups excluding tert-OH is 1. The summed E-state index contributed by atoms with van der Waals surface area (Å²) in [7, 11) is 0. The molecule has 1 aromatic rings. The van der Waals surface area contributed by atoms with Crippen molar-refractivity contribution in [3.8, 4) is 0 Å². The Kier molecular flexibility index (Phi) is 4.56. The fourth-order valence-corrected chi connectivity index (χ4v) is 1.10. The van der Waals surface area contributed by atoms with Gasteiger partial charge in [0.15, 0.2) is 0 Å². The molecular formula is C10H14N2O3. The van der Waals surface area contributed by atoms with Crippen LogP contribution in [-0.2, 0) is 4.79 Å². The minimum absolute atomic E-state index is 0.0147. The van der Waals surface area contributed by atoms with E-state index in [1.165, 1.54) is 0 Å². The van der Waals surface area contributed by atoms with Crippen molar-refractivity contribution in [1.82, 2.24) is 4.98 Å². The third kappa shape index (κ3) is 4.97. The number of carboxylic acids is 1. The molecule has 0 aromatic carbocycles. The zero-order valence-electron chi connectivity index (χ0n) is 8.26. The van der Waals surface area contributed by atoms with Crippen LogP contribution in [0.1, 0.15) is 12.8 Å². The number of hydrogen-bond acceptors (Lipinski definition) is 4. The van der Waals surface area contributed by atoms with E-state index >= 15 is 0 Å². The molecule has 0 spiro atoms. The summed E-state index contributed by atoms with van der Waals surface area (Å²) in [6.45, 7) is 0.345. The van der Waals surface area contributed by atoms with Crippen LogP contribution >= 0.6 is 0 Å². The molecule has 1 atom stereocenters. The van der Waals surface area contributed by atoms with Crippen molar-refractivity contribution in [3.63, 3.8) is 0 Å². The van der Waals surface area contributed by atoms with Gasteiger partial charge in [0, 0.05) is 31.0 Å². The zero-order chi connectivity index (χ0) is 11.1. The molecule has 15 heavy (non-hydrogen) atoms. The largest absolute Gasteiger partial charge is 0.481 e. The van der Waals surface area contributed by atoms with Crippen LogP contribution in [0.2, 0.25) is 0 Å². The Balaban J connectivity index is 2.22. The minimum Gasteiger partial charge on any atom is -0.481 e. The molecule has 1 unspecified atom stereocenters. The van der Waals surface area contributed by atoms with Gasteiger partial charge < -0.3 is 15.5 Å². The molecule has 0 aliphatic carbocycles. The second-order valence-electron chi connectivity index (χ2n) is 3.20. The molecule has 0 fully saturated rings. The Labute approximate surface area is 87.8 Å². The van der Waals surface area contributed by atoms with Gasteiger partial charge in [-0.25, -0.2) is 0 Å². The van der Waals surface area contributed by atoms with Gasteiger partial charge >= 0.3 is 5.97 Å². The molecule has 3 N–H and O–H groups in total. The first-order chi connectivity index (χ1) is 7.18. The van der Waals surface area contributed by atoms with Crippen LogP contribution in [0.5, 0.6) is 0 Å². The summed E-state index contributed by atoms with van der Waals surface area (Å²) in [6.07, 6.45) is 2.89. The maximum absolute atomic E-state index is 10.2. The lowest BCUT2D eigenvalue weighted by Gasteiger charge is -2.11. The third-order valence-corrected chi connectivity index (χ3v) is 1.91. The Hall–Kier alpha value is -1.62. The van der Waals surface area contributed by atoms with Crippen molar-refractivity contribution in [2.24, 2.45) is 0 Å². The van der Waals surface area contributed by atoms with Crippen LogP contribution in [0.4, 0.5) is 5.69 Å². The summed E-state index contributed by atoms with van der Waals surface area (Å²) in [5.41, 5.74) is 0.861. The quantitative estimate of drug-likeness (QED) is 0.644. The van der Waals surface area contributed by atoms with Crippen molar-refractivity contribution in [2.45, 2.75) is 18.9 Å². The van der Waals surface area contributed by atoms with Crippen LogP contribution in [-0.4, -0.2) is 33.8 Å². The van der Waals surface area contributed by atoms with Gasteiger partial charge in [0.05, 0.1) is 6.10 Å². The van der Waals surface area contributed by atoms with Gasteiger partial charge in [-0.3, -0.25) is 9.78 Å². The molecule has 0 saturated carbocycles. The highest BCUT2D eigenvalue weighted by Crippen LogP contribution is 2.04. The lowest BCUT2D eigenvalue weighted by molar-refractivity contribution is -0.137. The Morgan fingerprint density at radius 3 is 2.73 bits per heavy atom. The van der Waals surface area contributed by atoms with Crippen molar-refractivity contribution >= 4 is 11.7 Å². The topological polar surface area (TPSA) is 82.5 Å². The number of pyridine rings is 1. The second kappa shape index (κ2) is 5.98. The maximum Gasteiger partial charge on any atom is 0.303 e. The normalized spacial score (nSPS) is 12.1. The number of anilines is 1. The van der Waals surface area contributed by atoms with Gasteiger partial charge in [-0.05, 0) is 18.6 Å². The van der Waals surface area contributed by atoms with Gasteiger partial charge in [-0.1, -0.05) is 0 Å². The van der Waals surface area contributed by atoms with Crippen LogP contribution in [0.15, 0.2) is 24.5 Å². The molecule has 0 aliphatic rings. The number of aliphatic carboxylic acids is 1. The van der Waals surface area contributed by atoms with Gasteiger partial charge in [0.1, 0.15) is 0 Å². The molecule has 0 saturated heterocycles. The van der Waals surface area contributed by atoms with E-state index in [2.05, 4.69) is 10.3 Å². The molecular weight excluding hydrogens is 196 g/mol. The minimum atomic E-state index is -0.891. The molecule has 82 valence electrons. The Morgan fingerprint density at radius 1 is 1.47 bits per heavy atom. The van der Waals surface area contributed by atoms with Crippen molar-refractivity contribution in [3.05, 3.63) is 24.5 Å². The molecule has 1 rings (SSSR count). The molecule has 0 bridgehead atoms. The highest BCUT2D eigenvalue weighted by atomic mass is 16.4. The first-order valence-electron chi connectivity index (χ1n) is 4.72. The van der Waals surface area contributed by atoms with Crippen molar-refractivity contribution < 1.29 is 15.0 Å². The lowest BCUT2D eigenvalue weighted by atomic mass is 10.2. The molecule has 0 amide bonds. The van der Waals surface area contributed by atoms with E-state index in [1.54, 1.807) is 24.5 Å². The maximum atomic E-state index is 10.2. The van der Waals surface area contributed by atoms with Crippen molar-refractivity contribution in [2.75, 3.05) is 11.9 Å². The highest BCUT2D eigenvalue weighted by Gasteiger charge is 2.06. The standard InChI is InChI=1S/C10H14N2O3/c13-9(1-2-10(14)15)7-12-8-3-5-11-6-4-8/h3-6,9,13H,1-2,7H2,(H,11,12)(H,14,15). The predicted molar refractivity (Wildman–Crippen MR) is 55.6 cm³/mol. The number of carboxylic acid groups (broad SMARTS) is 1. The predicted octanol–water partition coefficient (Wildman–Crippen LogP) is 0.719. The van der Waals surface area contributed by atoms with E-state index in [1.807, 2.05) is 0 Å². The first kappa shape index (κ1) is 11.5. The summed E-state index contributed by atoms with van der Waals surface area (Å²) >= 11 is 0. The Morgan fingerprint density at radius 2 is 2.13 bits per heavy atom. The molecule has 0 radical (unpaired) electrons. The monoisotopic (exact) mass is 210 g/mol. The number of nitrogens with one attached hydrogen (secondary N) is 1. The lowest BCUT2D eigenvalue weighted by Crippen LogP contribution is -2.20. The second-order valence-corrected chi connectivity index (χ2v) is 3.20. The molecule has 0 aliphatic heterocycles. The highest BCUT2D eigenvalue weighted by molar-refractivity contribution is 5.66. The molecule has 1 aromatic heterocycles. The van der Waals surface area contributed by atoms with Gasteiger partial charge in [0.2, 0.25) is 0 Å². The zero-order valence-corrected chi connectivity index (χ0v) is 8.26. The number of carbonyl (C=O) groups is 1. The fraction of sp³-hybridized carbons (Fsp3) is 0.400. The van der Waals surface area contributed by atoms with Crippen LogP contribution < -0.4 is 5.32 Å².